The van der Waals surface area contributed by atoms with Crippen molar-refractivity contribution in [3.8, 4) is 5.75 Å². The van der Waals surface area contributed by atoms with Crippen LogP contribution in [-0.4, -0.2) is 12.9 Å². The van der Waals surface area contributed by atoms with Gasteiger partial charge in [-0.25, -0.2) is 0 Å². The van der Waals surface area contributed by atoms with Crippen molar-refractivity contribution in [3.05, 3.63) is 70.8 Å². The molecule has 3 heteroatoms. The lowest BCUT2D eigenvalue weighted by atomic mass is 10.1. The molecule has 19 heavy (non-hydrogen) atoms. The summed E-state index contributed by atoms with van der Waals surface area (Å²) in [4.78, 5) is 12.0. The smallest absolute Gasteiger partial charge is 0.185 e. The molecule has 0 spiro atoms. The molecule has 0 amide bonds. The minimum atomic E-state index is -0.0671. The molecule has 0 saturated heterocycles. The number of ketones is 1. The van der Waals surface area contributed by atoms with Crippen molar-refractivity contribution in [3.63, 3.8) is 0 Å². The Bertz CT molecular complexity index is 600. The third-order valence-corrected chi connectivity index (χ3v) is 3.04. The third kappa shape index (κ3) is 3.46. The van der Waals surface area contributed by atoms with Gasteiger partial charge < -0.3 is 4.74 Å². The van der Waals surface area contributed by atoms with Gasteiger partial charge in [0.05, 0.1) is 7.11 Å². The molecular formula is C16H13ClO2. The van der Waals surface area contributed by atoms with Gasteiger partial charge in [-0.15, -0.1) is 0 Å². The van der Waals surface area contributed by atoms with Crippen LogP contribution in [0.3, 0.4) is 0 Å². The zero-order valence-corrected chi connectivity index (χ0v) is 11.2. The Balaban J connectivity index is 2.14. The number of carbonyl (C=O) groups excluding carboxylic acids is 1. The molecule has 0 aliphatic rings. The Morgan fingerprint density at radius 2 is 1.79 bits per heavy atom. The van der Waals surface area contributed by atoms with E-state index in [4.69, 9.17) is 16.3 Å². The SMILES string of the molecule is COc1ccc(C(=O)C=Cc2ccccc2Cl)cc1. The van der Waals surface area contributed by atoms with Crippen LogP contribution >= 0.6 is 11.6 Å². The second-order valence-corrected chi connectivity index (χ2v) is 4.35. The van der Waals surface area contributed by atoms with Gasteiger partial charge in [-0.1, -0.05) is 29.8 Å². The maximum Gasteiger partial charge on any atom is 0.185 e. The summed E-state index contributed by atoms with van der Waals surface area (Å²) in [5, 5.41) is 0.626. The molecule has 0 radical (unpaired) electrons. The number of hydrogen-bond donors (Lipinski definition) is 0. The van der Waals surface area contributed by atoms with E-state index in [9.17, 15) is 4.79 Å². The molecule has 0 heterocycles. The fourth-order valence-electron chi connectivity index (χ4n) is 1.63. The van der Waals surface area contributed by atoms with Crippen molar-refractivity contribution >= 4 is 23.5 Å². The molecule has 2 rings (SSSR count). The van der Waals surface area contributed by atoms with Crippen LogP contribution in [0.4, 0.5) is 0 Å². The molecule has 0 unspecified atom stereocenters. The minimum absolute atomic E-state index is 0.0671. The van der Waals surface area contributed by atoms with Crippen molar-refractivity contribution in [1.82, 2.24) is 0 Å². The highest BCUT2D eigenvalue weighted by atomic mass is 35.5. The fourth-order valence-corrected chi connectivity index (χ4v) is 1.83. The molecule has 2 aromatic carbocycles. The van der Waals surface area contributed by atoms with Crippen LogP contribution in [0.2, 0.25) is 5.02 Å². The monoisotopic (exact) mass is 272 g/mol. The summed E-state index contributed by atoms with van der Waals surface area (Å²) in [6.45, 7) is 0. The van der Waals surface area contributed by atoms with E-state index in [2.05, 4.69) is 0 Å². The van der Waals surface area contributed by atoms with Crippen molar-refractivity contribution in [1.29, 1.82) is 0 Å². The lowest BCUT2D eigenvalue weighted by molar-refractivity contribution is 0.104. The van der Waals surface area contributed by atoms with Crippen LogP contribution in [0.25, 0.3) is 6.08 Å². The van der Waals surface area contributed by atoms with Crippen molar-refractivity contribution in [2.45, 2.75) is 0 Å². The van der Waals surface area contributed by atoms with E-state index in [1.165, 1.54) is 6.08 Å². The summed E-state index contributed by atoms with van der Waals surface area (Å²) in [6.07, 6.45) is 3.23. The highest BCUT2D eigenvalue weighted by Gasteiger charge is 2.02. The van der Waals surface area contributed by atoms with Gasteiger partial charge in [0.2, 0.25) is 0 Å². The zero-order valence-electron chi connectivity index (χ0n) is 10.5. The van der Waals surface area contributed by atoms with E-state index in [0.29, 0.717) is 10.6 Å². The largest absolute Gasteiger partial charge is 0.497 e. The maximum atomic E-state index is 12.0. The highest BCUT2D eigenvalue weighted by Crippen LogP contribution is 2.17. The first-order valence-electron chi connectivity index (χ1n) is 5.81. The maximum absolute atomic E-state index is 12.0. The number of benzene rings is 2. The molecule has 0 N–H and O–H groups in total. The van der Waals surface area contributed by atoms with Gasteiger partial charge >= 0.3 is 0 Å². The number of halogens is 1. The zero-order chi connectivity index (χ0) is 13.7. The molecular weight excluding hydrogens is 260 g/mol. The molecule has 2 nitrogen and oxygen atoms in total. The third-order valence-electron chi connectivity index (χ3n) is 2.69. The number of hydrogen-bond acceptors (Lipinski definition) is 2. The molecule has 96 valence electrons. The topological polar surface area (TPSA) is 26.3 Å². The second kappa shape index (κ2) is 6.21. The predicted molar refractivity (Wildman–Crippen MR) is 77.8 cm³/mol. The van der Waals surface area contributed by atoms with E-state index in [-0.39, 0.29) is 5.78 Å². The van der Waals surface area contributed by atoms with E-state index in [1.807, 2.05) is 18.2 Å². The first-order valence-corrected chi connectivity index (χ1v) is 6.19. The highest BCUT2D eigenvalue weighted by molar-refractivity contribution is 6.32. The second-order valence-electron chi connectivity index (χ2n) is 3.95. The van der Waals surface area contributed by atoms with Crippen LogP contribution < -0.4 is 4.74 Å². The summed E-state index contributed by atoms with van der Waals surface area (Å²) in [7, 11) is 1.59. The summed E-state index contributed by atoms with van der Waals surface area (Å²) in [5.41, 5.74) is 1.44. The fraction of sp³-hybridized carbons (Fsp3) is 0.0625. The molecule has 0 bridgehead atoms. The minimum Gasteiger partial charge on any atom is -0.497 e. The number of rotatable bonds is 4. The molecule has 0 aliphatic heterocycles. The van der Waals surface area contributed by atoms with Crippen molar-refractivity contribution in [2.75, 3.05) is 7.11 Å². The van der Waals surface area contributed by atoms with Gasteiger partial charge in [-0.2, -0.15) is 0 Å². The Hall–Kier alpha value is -2.06. The number of methoxy groups -OCH3 is 1. The van der Waals surface area contributed by atoms with Gasteiger partial charge in [-0.05, 0) is 48.0 Å². The number of carbonyl (C=O) groups is 1. The Morgan fingerprint density at radius 3 is 2.42 bits per heavy atom. The van der Waals surface area contributed by atoms with E-state index in [1.54, 1.807) is 43.5 Å². The summed E-state index contributed by atoms with van der Waals surface area (Å²) in [6, 6.07) is 14.4. The Labute approximate surface area is 117 Å². The normalized spacial score (nSPS) is 10.6. The Kier molecular flexibility index (Phi) is 4.37. The molecule has 0 fully saturated rings. The van der Waals surface area contributed by atoms with Gasteiger partial charge in [0.25, 0.3) is 0 Å². The average molecular weight is 273 g/mol. The lowest BCUT2D eigenvalue weighted by Crippen LogP contribution is -1.94. The van der Waals surface area contributed by atoms with Crippen LogP contribution in [0, 0.1) is 0 Å². The summed E-state index contributed by atoms with van der Waals surface area (Å²) >= 11 is 6.01. The van der Waals surface area contributed by atoms with Gasteiger partial charge in [0.1, 0.15) is 5.75 Å². The number of ether oxygens (including phenoxy) is 1. The van der Waals surface area contributed by atoms with Crippen molar-refractivity contribution in [2.24, 2.45) is 0 Å². The molecule has 0 aromatic heterocycles. The summed E-state index contributed by atoms with van der Waals surface area (Å²) in [5.74, 6) is 0.661. The van der Waals surface area contributed by atoms with Crippen LogP contribution in [0.15, 0.2) is 54.6 Å². The molecule has 0 atom stereocenters. The lowest BCUT2D eigenvalue weighted by Gasteiger charge is -2.00. The first-order chi connectivity index (χ1) is 9.20. The first kappa shape index (κ1) is 13.4. The van der Waals surface area contributed by atoms with Gasteiger partial charge in [-0.3, -0.25) is 4.79 Å². The Morgan fingerprint density at radius 1 is 1.11 bits per heavy atom. The van der Waals surface area contributed by atoms with Crippen LogP contribution in [0.1, 0.15) is 15.9 Å². The average Bonchev–Trinajstić information content (AvgIpc) is 2.46. The molecule has 0 saturated carbocycles. The van der Waals surface area contributed by atoms with E-state index in [0.717, 1.165) is 11.3 Å². The van der Waals surface area contributed by atoms with Gasteiger partial charge in [0, 0.05) is 10.6 Å². The van der Waals surface area contributed by atoms with Gasteiger partial charge in [0.15, 0.2) is 5.78 Å². The molecule has 0 aliphatic carbocycles. The quantitative estimate of drug-likeness (QED) is 0.614. The van der Waals surface area contributed by atoms with Crippen LogP contribution in [0.5, 0.6) is 5.75 Å². The molecule has 2 aromatic rings. The predicted octanol–water partition coefficient (Wildman–Crippen LogP) is 4.24. The standard InChI is InChI=1S/C16H13ClO2/c1-19-14-9-6-13(7-10-14)16(18)11-8-12-4-2-3-5-15(12)17/h2-11H,1H3. The van der Waals surface area contributed by atoms with E-state index < -0.39 is 0 Å². The number of allylic oxidation sites excluding steroid dienone is 1. The van der Waals surface area contributed by atoms with Crippen molar-refractivity contribution < 1.29 is 9.53 Å². The summed E-state index contributed by atoms with van der Waals surface area (Å²) < 4.78 is 5.05. The van der Waals surface area contributed by atoms with E-state index >= 15 is 0 Å². The van der Waals surface area contributed by atoms with Crippen LogP contribution in [-0.2, 0) is 0 Å².